The van der Waals surface area contributed by atoms with Gasteiger partial charge in [0.15, 0.2) is 0 Å². The van der Waals surface area contributed by atoms with Gasteiger partial charge in [-0.3, -0.25) is 4.68 Å². The summed E-state index contributed by atoms with van der Waals surface area (Å²) in [7, 11) is -3.59. The molecule has 2 aromatic rings. The fourth-order valence-electron chi connectivity index (χ4n) is 3.53. The van der Waals surface area contributed by atoms with Gasteiger partial charge < -0.3 is 5.11 Å². The summed E-state index contributed by atoms with van der Waals surface area (Å²) in [5.41, 5.74) is 2.38. The van der Waals surface area contributed by atoms with Crippen molar-refractivity contribution < 1.29 is 13.5 Å². The summed E-state index contributed by atoms with van der Waals surface area (Å²) in [6.45, 7) is 0. The van der Waals surface area contributed by atoms with Crippen molar-refractivity contribution in [2.45, 2.75) is 48.8 Å². The van der Waals surface area contributed by atoms with Crippen molar-refractivity contribution in [2.24, 2.45) is 0 Å². The summed E-state index contributed by atoms with van der Waals surface area (Å²) in [5.74, 6) is 0. The lowest BCUT2D eigenvalue weighted by atomic mass is 9.84. The highest BCUT2D eigenvalue weighted by molar-refractivity contribution is 7.89. The van der Waals surface area contributed by atoms with E-state index in [2.05, 4.69) is 9.82 Å². The Bertz CT molecular complexity index is 817. The molecule has 0 radical (unpaired) electrons. The second kappa shape index (κ2) is 5.43. The van der Waals surface area contributed by atoms with Gasteiger partial charge in [-0.1, -0.05) is 6.07 Å². The first-order valence-electron chi connectivity index (χ1n) is 7.86. The highest BCUT2D eigenvalue weighted by Gasteiger charge is 2.44. The first kappa shape index (κ1) is 14.9. The van der Waals surface area contributed by atoms with Gasteiger partial charge in [0.25, 0.3) is 0 Å². The largest absolute Gasteiger partial charge is 0.391 e. The second-order valence-electron chi connectivity index (χ2n) is 6.29. The summed E-state index contributed by atoms with van der Waals surface area (Å²) in [6.07, 6.45) is 6.23. The van der Waals surface area contributed by atoms with Crippen molar-refractivity contribution in [3.8, 4) is 0 Å². The van der Waals surface area contributed by atoms with Gasteiger partial charge in [0.05, 0.1) is 17.0 Å². The van der Waals surface area contributed by atoms with Gasteiger partial charge in [-0.15, -0.1) is 0 Å². The zero-order chi connectivity index (χ0) is 16.0. The minimum atomic E-state index is -3.59. The molecule has 1 aromatic heterocycles. The molecule has 0 spiro atoms. The number of aromatic nitrogens is 2. The molecule has 2 aliphatic carbocycles. The number of hydrogen-bond donors (Lipinski definition) is 2. The van der Waals surface area contributed by atoms with Crippen LogP contribution in [-0.2, 0) is 22.9 Å². The molecule has 0 unspecified atom stereocenters. The number of fused-ring (bicyclic) bond motifs is 1. The van der Waals surface area contributed by atoms with E-state index in [0.717, 1.165) is 24.8 Å². The van der Waals surface area contributed by atoms with Crippen LogP contribution in [0.5, 0.6) is 0 Å². The van der Waals surface area contributed by atoms with Crippen LogP contribution in [0.4, 0.5) is 0 Å². The third-order valence-electron chi connectivity index (χ3n) is 4.82. The Morgan fingerprint density at radius 1 is 1.26 bits per heavy atom. The summed E-state index contributed by atoms with van der Waals surface area (Å²) >= 11 is 0. The predicted octanol–water partition coefficient (Wildman–Crippen LogP) is 1.02. The van der Waals surface area contributed by atoms with Crippen molar-refractivity contribution in [3.63, 3.8) is 0 Å². The molecule has 0 aliphatic heterocycles. The number of nitrogens with zero attached hydrogens (tertiary/aromatic N) is 2. The van der Waals surface area contributed by atoms with Crippen LogP contribution in [-0.4, -0.2) is 35.5 Å². The van der Waals surface area contributed by atoms with E-state index in [-0.39, 0.29) is 12.1 Å². The Labute approximate surface area is 135 Å². The first-order valence-corrected chi connectivity index (χ1v) is 9.34. The fraction of sp³-hybridized carbons (Fsp3) is 0.438. The standard InChI is InChI=1S/C16H19N3O3S/c20-15-10-14(16(15)19-8-2-7-17-19)18-23(21,22)13-6-5-11-3-1-4-12(11)9-13/h2,5-9,14-16,18,20H,1,3-4,10H2/t14-,15+,16+/m0/s1. The second-order valence-corrected chi connectivity index (χ2v) is 8.01. The van der Waals surface area contributed by atoms with E-state index in [1.165, 1.54) is 5.56 Å². The molecule has 3 atom stereocenters. The SMILES string of the molecule is O=S(=O)(N[C@H]1C[C@@H](O)[C@@H]1n1cccn1)c1ccc2c(c1)CCC2. The number of hydrogen-bond acceptors (Lipinski definition) is 4. The van der Waals surface area contributed by atoms with Crippen molar-refractivity contribution in [1.82, 2.24) is 14.5 Å². The number of aryl methyl sites for hydroxylation is 2. The lowest BCUT2D eigenvalue weighted by Crippen LogP contribution is -2.56. The third-order valence-corrected chi connectivity index (χ3v) is 6.31. The molecule has 7 heteroatoms. The normalized spacial score (nSPS) is 26.7. The summed E-state index contributed by atoms with van der Waals surface area (Å²) < 4.78 is 29.6. The predicted molar refractivity (Wildman–Crippen MR) is 84.5 cm³/mol. The summed E-state index contributed by atoms with van der Waals surface area (Å²) in [6, 6.07) is 6.43. The Hall–Kier alpha value is -1.70. The van der Waals surface area contributed by atoms with Gasteiger partial charge >= 0.3 is 0 Å². The molecular formula is C16H19N3O3S. The molecule has 122 valence electrons. The number of sulfonamides is 1. The molecule has 0 amide bonds. The molecule has 1 fully saturated rings. The van der Waals surface area contributed by atoms with Crippen LogP contribution < -0.4 is 4.72 Å². The third kappa shape index (κ3) is 2.58. The number of aliphatic hydroxyl groups is 1. The van der Waals surface area contributed by atoms with Crippen LogP contribution >= 0.6 is 0 Å². The average molecular weight is 333 g/mol. The van der Waals surface area contributed by atoms with Gasteiger partial charge in [-0.25, -0.2) is 13.1 Å². The zero-order valence-corrected chi connectivity index (χ0v) is 13.4. The zero-order valence-electron chi connectivity index (χ0n) is 12.6. The maximum atomic E-state index is 12.6. The van der Waals surface area contributed by atoms with E-state index < -0.39 is 16.1 Å². The molecule has 23 heavy (non-hydrogen) atoms. The first-order chi connectivity index (χ1) is 11.0. The topological polar surface area (TPSA) is 84.2 Å². The molecule has 2 aliphatic rings. The van der Waals surface area contributed by atoms with E-state index in [1.54, 1.807) is 35.3 Å². The Kier molecular flexibility index (Phi) is 3.51. The smallest absolute Gasteiger partial charge is 0.240 e. The van der Waals surface area contributed by atoms with Crippen molar-refractivity contribution in [3.05, 3.63) is 47.8 Å². The van der Waals surface area contributed by atoms with Crippen LogP contribution in [0.1, 0.15) is 30.0 Å². The quantitative estimate of drug-likeness (QED) is 0.875. The molecule has 1 saturated carbocycles. The number of aliphatic hydroxyl groups excluding tert-OH is 1. The van der Waals surface area contributed by atoms with Gasteiger partial charge in [-0.2, -0.15) is 5.10 Å². The van der Waals surface area contributed by atoms with Crippen molar-refractivity contribution in [1.29, 1.82) is 0 Å². The lowest BCUT2D eigenvalue weighted by Gasteiger charge is -2.41. The number of nitrogens with one attached hydrogen (secondary N) is 1. The Balaban J connectivity index is 1.56. The highest BCUT2D eigenvalue weighted by atomic mass is 32.2. The van der Waals surface area contributed by atoms with E-state index >= 15 is 0 Å². The van der Waals surface area contributed by atoms with Crippen molar-refractivity contribution in [2.75, 3.05) is 0 Å². The maximum absolute atomic E-state index is 12.6. The van der Waals surface area contributed by atoms with Gasteiger partial charge in [0.2, 0.25) is 10.0 Å². The Morgan fingerprint density at radius 3 is 2.83 bits per heavy atom. The van der Waals surface area contributed by atoms with Crippen molar-refractivity contribution >= 4 is 10.0 Å². The number of rotatable bonds is 4. The van der Waals surface area contributed by atoms with Crippen LogP contribution in [0, 0.1) is 0 Å². The minimum absolute atomic E-state index is 0.304. The van der Waals surface area contributed by atoms with E-state index in [1.807, 2.05) is 6.07 Å². The molecule has 1 heterocycles. The van der Waals surface area contributed by atoms with Crippen LogP contribution in [0.25, 0.3) is 0 Å². The van der Waals surface area contributed by atoms with Crippen LogP contribution in [0.15, 0.2) is 41.6 Å². The summed E-state index contributed by atoms with van der Waals surface area (Å²) in [4.78, 5) is 0.304. The van der Waals surface area contributed by atoms with Gasteiger partial charge in [0, 0.05) is 18.4 Å². The molecular weight excluding hydrogens is 314 g/mol. The molecule has 1 aromatic carbocycles. The fourth-order valence-corrected chi connectivity index (χ4v) is 4.84. The molecule has 0 bridgehead atoms. The number of benzene rings is 1. The highest BCUT2D eigenvalue weighted by Crippen LogP contribution is 2.33. The van der Waals surface area contributed by atoms with E-state index in [9.17, 15) is 13.5 Å². The van der Waals surface area contributed by atoms with E-state index in [4.69, 9.17) is 0 Å². The van der Waals surface area contributed by atoms with E-state index in [0.29, 0.717) is 11.3 Å². The van der Waals surface area contributed by atoms with Gasteiger partial charge in [-0.05, 0) is 55.0 Å². The molecule has 0 saturated heterocycles. The maximum Gasteiger partial charge on any atom is 0.240 e. The monoisotopic (exact) mass is 333 g/mol. The lowest BCUT2D eigenvalue weighted by molar-refractivity contribution is 0.000540. The Morgan fingerprint density at radius 2 is 2.09 bits per heavy atom. The minimum Gasteiger partial charge on any atom is -0.391 e. The average Bonchev–Trinajstić information content (AvgIpc) is 3.16. The molecule has 2 N–H and O–H groups in total. The summed E-state index contributed by atoms with van der Waals surface area (Å²) in [5, 5.41) is 14.1. The van der Waals surface area contributed by atoms with Crippen LogP contribution in [0.3, 0.4) is 0 Å². The van der Waals surface area contributed by atoms with Gasteiger partial charge in [0.1, 0.15) is 0 Å². The van der Waals surface area contributed by atoms with Crippen LogP contribution in [0.2, 0.25) is 0 Å². The molecule has 6 nitrogen and oxygen atoms in total. The molecule has 4 rings (SSSR count).